The van der Waals surface area contributed by atoms with Gasteiger partial charge in [0.15, 0.2) is 0 Å². The van der Waals surface area contributed by atoms with Gasteiger partial charge in [0, 0.05) is 4.90 Å². The van der Waals surface area contributed by atoms with Crippen LogP contribution in [0.15, 0.2) is 29.2 Å². The van der Waals surface area contributed by atoms with Crippen molar-refractivity contribution >= 4 is 11.8 Å². The van der Waals surface area contributed by atoms with Crippen molar-refractivity contribution in [2.45, 2.75) is 50.2 Å². The fourth-order valence-corrected chi connectivity index (χ4v) is 2.68. The molecule has 0 N–H and O–H groups in total. The Balaban J connectivity index is 1.77. The Hall–Kier alpha value is -0.470. The Kier molecular flexibility index (Phi) is 4.30. The molecule has 1 fully saturated rings. The third-order valence-electron chi connectivity index (χ3n) is 3.04. The van der Waals surface area contributed by atoms with Crippen LogP contribution in [0.5, 0.6) is 0 Å². The van der Waals surface area contributed by atoms with E-state index < -0.39 is 0 Å². The van der Waals surface area contributed by atoms with E-state index in [9.17, 15) is 0 Å². The fourth-order valence-electron chi connectivity index (χ4n) is 2.02. The van der Waals surface area contributed by atoms with Crippen LogP contribution in [0.25, 0.3) is 0 Å². The lowest BCUT2D eigenvalue weighted by molar-refractivity contribution is 0.360. The van der Waals surface area contributed by atoms with E-state index in [1.54, 1.807) is 0 Å². The maximum absolute atomic E-state index is 5.55. The molecule has 0 saturated carbocycles. The summed E-state index contributed by atoms with van der Waals surface area (Å²) in [6, 6.07) is 8.96. The van der Waals surface area contributed by atoms with Crippen LogP contribution in [0.3, 0.4) is 0 Å². The molecule has 2 unspecified atom stereocenters. The Morgan fingerprint density at radius 3 is 2.44 bits per heavy atom. The zero-order chi connectivity index (χ0) is 11.4. The van der Waals surface area contributed by atoms with Gasteiger partial charge in [-0.2, -0.15) is 0 Å². The summed E-state index contributed by atoms with van der Waals surface area (Å²) in [5, 5.41) is 0. The minimum absolute atomic E-state index is 0.537. The number of rotatable bonds is 6. The number of hydrogen-bond donors (Lipinski definition) is 0. The predicted molar refractivity (Wildman–Crippen MR) is 70.1 cm³/mol. The maximum atomic E-state index is 5.55. The van der Waals surface area contributed by atoms with Crippen LogP contribution < -0.4 is 0 Å². The van der Waals surface area contributed by atoms with Crippen molar-refractivity contribution < 1.29 is 4.74 Å². The molecule has 1 nitrogen and oxygen atoms in total. The van der Waals surface area contributed by atoms with Crippen molar-refractivity contribution in [3.05, 3.63) is 29.8 Å². The smallest absolute Gasteiger partial charge is 0.0845 e. The maximum Gasteiger partial charge on any atom is 0.0845 e. The average Bonchev–Trinajstić information content (AvgIpc) is 3.07. The number of thioether (sulfide) groups is 1. The summed E-state index contributed by atoms with van der Waals surface area (Å²) < 4.78 is 5.55. The number of ether oxygens (including phenoxy) is 1. The predicted octanol–water partition coefficient (Wildman–Crippen LogP) is 3.91. The Morgan fingerprint density at radius 2 is 1.88 bits per heavy atom. The van der Waals surface area contributed by atoms with Gasteiger partial charge in [-0.25, -0.2) is 0 Å². The molecular weight excluding hydrogens is 216 g/mol. The number of aryl methyl sites for hydroxylation is 1. The largest absolute Gasteiger partial charge is 0.370 e. The Bertz CT molecular complexity index is 320. The quantitative estimate of drug-likeness (QED) is 0.548. The SMILES string of the molecule is CCSc1ccc(CCC2OC2CC)cc1. The highest BCUT2D eigenvalue weighted by Crippen LogP contribution is 2.29. The van der Waals surface area contributed by atoms with Gasteiger partial charge in [0.2, 0.25) is 0 Å². The molecule has 0 bridgehead atoms. The second-order valence-corrected chi connectivity index (χ2v) is 5.57. The van der Waals surface area contributed by atoms with E-state index in [1.165, 1.54) is 16.9 Å². The number of hydrogen-bond acceptors (Lipinski definition) is 2. The number of epoxide rings is 1. The summed E-state index contributed by atoms with van der Waals surface area (Å²) in [7, 11) is 0. The lowest BCUT2D eigenvalue weighted by Gasteiger charge is -2.02. The molecule has 1 aliphatic rings. The zero-order valence-corrected chi connectivity index (χ0v) is 10.9. The molecule has 0 aliphatic carbocycles. The second kappa shape index (κ2) is 5.74. The van der Waals surface area contributed by atoms with E-state index in [-0.39, 0.29) is 0 Å². The molecule has 2 atom stereocenters. The summed E-state index contributed by atoms with van der Waals surface area (Å²) in [4.78, 5) is 1.38. The van der Waals surface area contributed by atoms with Crippen molar-refractivity contribution in [2.24, 2.45) is 0 Å². The van der Waals surface area contributed by atoms with Crippen LogP contribution in [0, 0.1) is 0 Å². The number of benzene rings is 1. The molecular formula is C14H20OS. The summed E-state index contributed by atoms with van der Waals surface area (Å²) in [5.74, 6) is 1.15. The monoisotopic (exact) mass is 236 g/mol. The highest BCUT2D eigenvalue weighted by Gasteiger charge is 2.35. The minimum Gasteiger partial charge on any atom is -0.370 e. The first-order valence-electron chi connectivity index (χ1n) is 6.20. The molecule has 0 spiro atoms. The van der Waals surface area contributed by atoms with Crippen LogP contribution in [0.2, 0.25) is 0 Å². The van der Waals surface area contributed by atoms with Crippen LogP contribution in [-0.4, -0.2) is 18.0 Å². The lowest BCUT2D eigenvalue weighted by Crippen LogP contribution is -1.95. The van der Waals surface area contributed by atoms with Crippen molar-refractivity contribution in [1.29, 1.82) is 0 Å². The fraction of sp³-hybridized carbons (Fsp3) is 0.571. The van der Waals surface area contributed by atoms with E-state index >= 15 is 0 Å². The molecule has 0 radical (unpaired) electrons. The van der Waals surface area contributed by atoms with Gasteiger partial charge in [0.05, 0.1) is 12.2 Å². The Morgan fingerprint density at radius 1 is 1.12 bits per heavy atom. The van der Waals surface area contributed by atoms with Gasteiger partial charge in [0.1, 0.15) is 0 Å². The van der Waals surface area contributed by atoms with Gasteiger partial charge < -0.3 is 4.74 Å². The van der Waals surface area contributed by atoms with E-state index in [0.717, 1.165) is 18.6 Å². The van der Waals surface area contributed by atoms with Gasteiger partial charge in [-0.15, -0.1) is 11.8 Å². The average molecular weight is 236 g/mol. The van der Waals surface area contributed by atoms with Gasteiger partial charge in [-0.3, -0.25) is 0 Å². The van der Waals surface area contributed by atoms with Gasteiger partial charge in [-0.05, 0) is 42.7 Å². The third-order valence-corrected chi connectivity index (χ3v) is 3.94. The molecule has 1 heterocycles. The van der Waals surface area contributed by atoms with E-state index in [1.807, 2.05) is 11.8 Å². The molecule has 2 heteroatoms. The van der Waals surface area contributed by atoms with Crippen LogP contribution in [0.4, 0.5) is 0 Å². The molecule has 1 aromatic carbocycles. The topological polar surface area (TPSA) is 12.5 Å². The van der Waals surface area contributed by atoms with E-state index in [0.29, 0.717) is 12.2 Å². The molecule has 88 valence electrons. The van der Waals surface area contributed by atoms with E-state index in [2.05, 4.69) is 38.1 Å². The van der Waals surface area contributed by atoms with E-state index in [4.69, 9.17) is 4.74 Å². The van der Waals surface area contributed by atoms with Crippen molar-refractivity contribution in [3.8, 4) is 0 Å². The summed E-state index contributed by atoms with van der Waals surface area (Å²) in [6.45, 7) is 4.38. The summed E-state index contributed by atoms with van der Waals surface area (Å²) >= 11 is 1.90. The first kappa shape index (κ1) is 12.0. The van der Waals surface area contributed by atoms with Crippen molar-refractivity contribution in [3.63, 3.8) is 0 Å². The first-order valence-corrected chi connectivity index (χ1v) is 7.19. The molecule has 16 heavy (non-hydrogen) atoms. The third kappa shape index (κ3) is 3.26. The first-order chi connectivity index (χ1) is 7.83. The normalized spacial score (nSPS) is 23.4. The van der Waals surface area contributed by atoms with Crippen LogP contribution >= 0.6 is 11.8 Å². The molecule has 1 saturated heterocycles. The molecule has 0 aromatic heterocycles. The van der Waals surface area contributed by atoms with Gasteiger partial charge in [0.25, 0.3) is 0 Å². The van der Waals surface area contributed by atoms with Gasteiger partial charge in [-0.1, -0.05) is 26.0 Å². The van der Waals surface area contributed by atoms with Crippen LogP contribution in [0.1, 0.15) is 32.3 Å². The highest BCUT2D eigenvalue weighted by atomic mass is 32.2. The van der Waals surface area contributed by atoms with Crippen LogP contribution in [-0.2, 0) is 11.2 Å². The summed E-state index contributed by atoms with van der Waals surface area (Å²) in [5.41, 5.74) is 1.44. The highest BCUT2D eigenvalue weighted by molar-refractivity contribution is 7.99. The van der Waals surface area contributed by atoms with Crippen molar-refractivity contribution in [2.75, 3.05) is 5.75 Å². The minimum atomic E-state index is 0.537. The summed E-state index contributed by atoms with van der Waals surface area (Å²) in [6.07, 6.45) is 4.58. The second-order valence-electron chi connectivity index (χ2n) is 4.24. The van der Waals surface area contributed by atoms with Gasteiger partial charge >= 0.3 is 0 Å². The molecule has 0 amide bonds. The lowest BCUT2D eigenvalue weighted by atomic mass is 10.1. The Labute approximate surface area is 103 Å². The molecule has 1 aromatic rings. The molecule has 1 aliphatic heterocycles. The standard InChI is InChI=1S/C14H20OS/c1-3-13-14(15-13)10-7-11-5-8-12(9-6-11)16-4-2/h5-6,8-9,13-14H,3-4,7,10H2,1-2H3. The zero-order valence-electron chi connectivity index (χ0n) is 10.1. The van der Waals surface area contributed by atoms with Crippen molar-refractivity contribution in [1.82, 2.24) is 0 Å². The molecule has 2 rings (SSSR count).